The smallest absolute Gasteiger partial charge is 0.0682 e. The first kappa shape index (κ1) is 11.0. The minimum Gasteiger partial charge on any atom is -0.303 e. The number of piperidine rings is 1. The van der Waals surface area contributed by atoms with Gasteiger partial charge in [0.2, 0.25) is 0 Å². The van der Waals surface area contributed by atoms with Crippen LogP contribution in [0.3, 0.4) is 0 Å². The van der Waals surface area contributed by atoms with Gasteiger partial charge in [-0.3, -0.25) is 0 Å². The van der Waals surface area contributed by atoms with Crippen molar-refractivity contribution in [3.63, 3.8) is 0 Å². The molecule has 78 valence electrons. The van der Waals surface area contributed by atoms with Crippen molar-refractivity contribution in [3.05, 3.63) is 0 Å². The van der Waals surface area contributed by atoms with E-state index in [4.69, 9.17) is 4.84 Å². The first-order valence-electron chi connectivity index (χ1n) is 5.33. The molecule has 0 aromatic heterocycles. The van der Waals surface area contributed by atoms with Crippen molar-refractivity contribution in [1.29, 1.82) is 0 Å². The molecule has 0 aliphatic carbocycles. The first-order chi connectivity index (χ1) is 6.34. The predicted molar refractivity (Wildman–Crippen MR) is 54.5 cm³/mol. The van der Waals surface area contributed by atoms with E-state index in [1.54, 1.807) is 0 Å². The van der Waals surface area contributed by atoms with Crippen LogP contribution in [0, 0.1) is 0 Å². The van der Waals surface area contributed by atoms with Gasteiger partial charge in [-0.15, -0.1) is 0 Å². The molecular formula is C10H22N2O. The number of nitrogens with zero attached hydrogens (tertiary/aromatic N) is 1. The number of hydrogen-bond acceptors (Lipinski definition) is 3. The summed E-state index contributed by atoms with van der Waals surface area (Å²) in [6.45, 7) is 2.11. The molecule has 1 fully saturated rings. The zero-order valence-electron chi connectivity index (χ0n) is 8.88. The molecule has 0 bridgehead atoms. The molecule has 0 aromatic rings. The summed E-state index contributed by atoms with van der Waals surface area (Å²) in [5.41, 5.74) is 2.70. The van der Waals surface area contributed by atoms with Crippen LogP contribution in [0.2, 0.25) is 0 Å². The average Bonchev–Trinajstić information content (AvgIpc) is 2.15. The normalized spacial score (nSPS) is 24.9. The lowest BCUT2D eigenvalue weighted by molar-refractivity contribution is 0.0492. The van der Waals surface area contributed by atoms with E-state index in [9.17, 15) is 0 Å². The fourth-order valence-corrected chi connectivity index (χ4v) is 2.00. The fraction of sp³-hybridized carbons (Fsp3) is 1.00. The SMILES string of the molecule is CNOCCCC1CCCCN1C. The zero-order valence-corrected chi connectivity index (χ0v) is 8.88. The van der Waals surface area contributed by atoms with Crippen LogP contribution in [0.25, 0.3) is 0 Å². The summed E-state index contributed by atoms with van der Waals surface area (Å²) >= 11 is 0. The van der Waals surface area contributed by atoms with Gasteiger partial charge >= 0.3 is 0 Å². The first-order valence-corrected chi connectivity index (χ1v) is 5.33. The molecule has 3 nitrogen and oxygen atoms in total. The summed E-state index contributed by atoms with van der Waals surface area (Å²) in [5.74, 6) is 0. The van der Waals surface area contributed by atoms with E-state index in [1.165, 1.54) is 32.2 Å². The fourth-order valence-electron chi connectivity index (χ4n) is 2.00. The largest absolute Gasteiger partial charge is 0.303 e. The monoisotopic (exact) mass is 186 g/mol. The van der Waals surface area contributed by atoms with Gasteiger partial charge in [0.15, 0.2) is 0 Å². The van der Waals surface area contributed by atoms with Crippen LogP contribution >= 0.6 is 0 Å². The van der Waals surface area contributed by atoms with E-state index < -0.39 is 0 Å². The van der Waals surface area contributed by atoms with E-state index in [-0.39, 0.29) is 0 Å². The zero-order chi connectivity index (χ0) is 9.52. The number of hydroxylamine groups is 1. The van der Waals surface area contributed by atoms with Crippen LogP contribution < -0.4 is 5.48 Å². The van der Waals surface area contributed by atoms with Gasteiger partial charge in [0.25, 0.3) is 0 Å². The van der Waals surface area contributed by atoms with Crippen LogP contribution in [0.5, 0.6) is 0 Å². The lowest BCUT2D eigenvalue weighted by atomic mass is 9.99. The minimum atomic E-state index is 0.800. The van der Waals surface area contributed by atoms with Gasteiger partial charge in [-0.1, -0.05) is 6.42 Å². The second kappa shape index (κ2) is 6.35. The van der Waals surface area contributed by atoms with E-state index in [2.05, 4.69) is 17.4 Å². The Kier molecular flexibility index (Phi) is 5.35. The molecule has 1 atom stereocenters. The Hall–Kier alpha value is -0.120. The Labute approximate surface area is 81.4 Å². The number of rotatable bonds is 5. The average molecular weight is 186 g/mol. The van der Waals surface area contributed by atoms with Gasteiger partial charge in [0.05, 0.1) is 6.61 Å². The molecule has 0 amide bonds. The molecule has 1 saturated heterocycles. The quantitative estimate of drug-likeness (QED) is 0.519. The molecule has 1 aliphatic heterocycles. The molecule has 0 spiro atoms. The van der Waals surface area contributed by atoms with Crippen molar-refractivity contribution >= 4 is 0 Å². The second-order valence-corrected chi connectivity index (χ2v) is 3.83. The van der Waals surface area contributed by atoms with Gasteiger partial charge in [-0.2, -0.15) is 0 Å². The van der Waals surface area contributed by atoms with Crippen molar-refractivity contribution < 1.29 is 4.84 Å². The molecule has 0 saturated carbocycles. The molecule has 1 aliphatic rings. The lowest BCUT2D eigenvalue weighted by Crippen LogP contribution is -2.36. The third-order valence-corrected chi connectivity index (χ3v) is 2.85. The Morgan fingerprint density at radius 3 is 3.00 bits per heavy atom. The molecule has 3 heteroatoms. The van der Waals surface area contributed by atoms with Crippen molar-refractivity contribution in [2.45, 2.75) is 38.1 Å². The summed E-state index contributed by atoms with van der Waals surface area (Å²) in [6.07, 6.45) is 6.59. The summed E-state index contributed by atoms with van der Waals surface area (Å²) in [6, 6.07) is 0.800. The summed E-state index contributed by atoms with van der Waals surface area (Å²) in [4.78, 5) is 7.58. The van der Waals surface area contributed by atoms with Crippen LogP contribution in [0.4, 0.5) is 0 Å². The van der Waals surface area contributed by atoms with Gasteiger partial charge in [0, 0.05) is 13.1 Å². The lowest BCUT2D eigenvalue weighted by Gasteiger charge is -2.32. The van der Waals surface area contributed by atoms with E-state index in [0.717, 1.165) is 19.1 Å². The maximum Gasteiger partial charge on any atom is 0.0682 e. The highest BCUT2D eigenvalue weighted by Gasteiger charge is 2.17. The molecule has 13 heavy (non-hydrogen) atoms. The molecule has 1 heterocycles. The Morgan fingerprint density at radius 2 is 2.31 bits per heavy atom. The van der Waals surface area contributed by atoms with Crippen LogP contribution in [-0.4, -0.2) is 38.2 Å². The van der Waals surface area contributed by atoms with Crippen molar-refractivity contribution in [3.8, 4) is 0 Å². The van der Waals surface area contributed by atoms with E-state index >= 15 is 0 Å². The molecular weight excluding hydrogens is 164 g/mol. The molecule has 1 N–H and O–H groups in total. The highest BCUT2D eigenvalue weighted by Crippen LogP contribution is 2.18. The molecule has 0 radical (unpaired) electrons. The van der Waals surface area contributed by atoms with Crippen molar-refractivity contribution in [1.82, 2.24) is 10.4 Å². The van der Waals surface area contributed by atoms with Crippen LogP contribution in [0.1, 0.15) is 32.1 Å². The highest BCUT2D eigenvalue weighted by atomic mass is 16.6. The Morgan fingerprint density at radius 1 is 1.46 bits per heavy atom. The minimum absolute atomic E-state index is 0.800. The Bertz CT molecular complexity index is 130. The molecule has 0 aromatic carbocycles. The third kappa shape index (κ3) is 4.07. The van der Waals surface area contributed by atoms with E-state index in [0.29, 0.717) is 0 Å². The van der Waals surface area contributed by atoms with Crippen molar-refractivity contribution in [2.75, 3.05) is 27.2 Å². The number of nitrogens with one attached hydrogen (secondary N) is 1. The van der Waals surface area contributed by atoms with Crippen LogP contribution in [0.15, 0.2) is 0 Å². The molecule has 1 unspecified atom stereocenters. The van der Waals surface area contributed by atoms with Crippen molar-refractivity contribution in [2.24, 2.45) is 0 Å². The van der Waals surface area contributed by atoms with Crippen LogP contribution in [-0.2, 0) is 4.84 Å². The summed E-state index contributed by atoms with van der Waals surface area (Å²) in [7, 11) is 4.05. The topological polar surface area (TPSA) is 24.5 Å². The van der Waals surface area contributed by atoms with Gasteiger partial charge in [-0.05, 0) is 39.3 Å². The third-order valence-electron chi connectivity index (χ3n) is 2.85. The van der Waals surface area contributed by atoms with Gasteiger partial charge in [-0.25, -0.2) is 5.48 Å². The summed E-state index contributed by atoms with van der Waals surface area (Å²) < 4.78 is 0. The number of hydrogen-bond donors (Lipinski definition) is 1. The Balaban J connectivity index is 2.05. The predicted octanol–water partition coefficient (Wildman–Crippen LogP) is 1.40. The maximum absolute atomic E-state index is 5.09. The van der Waals surface area contributed by atoms with Gasteiger partial charge in [0.1, 0.15) is 0 Å². The highest BCUT2D eigenvalue weighted by molar-refractivity contribution is 4.73. The standard InChI is InChI=1S/C10H22N2O/c1-11-13-9-5-7-10-6-3-4-8-12(10)2/h10-11H,3-9H2,1-2H3. The summed E-state index contributed by atoms with van der Waals surface area (Å²) in [5, 5.41) is 0. The molecule has 1 rings (SSSR count). The maximum atomic E-state index is 5.09. The van der Waals surface area contributed by atoms with E-state index in [1.807, 2.05) is 7.05 Å². The number of likely N-dealkylation sites (tertiary alicyclic amines) is 1. The second-order valence-electron chi connectivity index (χ2n) is 3.83. The van der Waals surface area contributed by atoms with Gasteiger partial charge < -0.3 is 9.74 Å².